The number of anilines is 1. The molecule has 0 unspecified atom stereocenters. The van der Waals surface area contributed by atoms with Gasteiger partial charge in [0.15, 0.2) is 6.61 Å². The lowest BCUT2D eigenvalue weighted by molar-refractivity contribution is -0.146. The first-order valence-electron chi connectivity index (χ1n) is 8.12. The number of ether oxygens (including phenoxy) is 1. The van der Waals surface area contributed by atoms with Gasteiger partial charge in [0.1, 0.15) is 6.54 Å². The van der Waals surface area contributed by atoms with Crippen LogP contribution < -0.4 is 10.0 Å². The van der Waals surface area contributed by atoms with E-state index in [9.17, 15) is 18.0 Å². The van der Waals surface area contributed by atoms with E-state index >= 15 is 0 Å². The second kappa shape index (κ2) is 8.31. The van der Waals surface area contributed by atoms with Gasteiger partial charge in [0, 0.05) is 7.05 Å². The van der Waals surface area contributed by atoms with E-state index in [0.29, 0.717) is 11.4 Å². The quantitative estimate of drug-likeness (QED) is 0.671. The van der Waals surface area contributed by atoms with Gasteiger partial charge in [-0.05, 0) is 32.9 Å². The highest BCUT2D eigenvalue weighted by Gasteiger charge is 2.17. The third kappa shape index (κ3) is 5.38. The number of nitrogens with zero attached hydrogens (tertiary/aromatic N) is 2. The molecule has 2 aromatic rings. The molecule has 0 spiro atoms. The average molecular weight is 394 g/mol. The Kier molecular flexibility index (Phi) is 6.34. The van der Waals surface area contributed by atoms with Crippen LogP contribution in [0.4, 0.5) is 5.69 Å². The monoisotopic (exact) mass is 394 g/mol. The number of amides is 1. The van der Waals surface area contributed by atoms with Gasteiger partial charge < -0.3 is 10.1 Å². The summed E-state index contributed by atoms with van der Waals surface area (Å²) in [7, 11) is -2.08. The Labute approximate surface area is 157 Å². The van der Waals surface area contributed by atoms with Crippen molar-refractivity contribution in [3.63, 3.8) is 0 Å². The molecular formula is C17H22N4O5S. The Balaban J connectivity index is 1.83. The minimum Gasteiger partial charge on any atom is -0.455 e. The molecule has 1 aromatic heterocycles. The number of nitrogens with one attached hydrogen (secondary N) is 2. The number of aryl methyl sites for hydroxylation is 3. The molecule has 9 nitrogen and oxygen atoms in total. The summed E-state index contributed by atoms with van der Waals surface area (Å²) in [5, 5.41) is 6.79. The average Bonchev–Trinajstić information content (AvgIpc) is 2.85. The molecule has 0 atom stereocenters. The summed E-state index contributed by atoms with van der Waals surface area (Å²) in [6, 6.07) is 6.18. The normalized spacial score (nSPS) is 11.3. The number of benzene rings is 1. The van der Waals surface area contributed by atoms with Crippen molar-refractivity contribution in [1.29, 1.82) is 0 Å². The van der Waals surface area contributed by atoms with E-state index in [-0.39, 0.29) is 4.90 Å². The van der Waals surface area contributed by atoms with Crippen molar-refractivity contribution >= 4 is 27.6 Å². The summed E-state index contributed by atoms with van der Waals surface area (Å²) < 4.78 is 32.8. The van der Waals surface area contributed by atoms with Crippen molar-refractivity contribution < 1.29 is 22.7 Å². The van der Waals surface area contributed by atoms with Crippen molar-refractivity contribution in [3.8, 4) is 0 Å². The standard InChI is InChI=1S/C17H22N4O5S/c1-11-5-7-14(8-6-11)27(24,25)18-9-16(23)26-10-15(22)19-17-12(2)20-21(4)13(17)3/h5-8,18H,9-10H2,1-4H3,(H,19,22). The Hall–Kier alpha value is -2.72. The second-order valence-corrected chi connectivity index (χ2v) is 7.78. The predicted octanol–water partition coefficient (Wildman–Crippen LogP) is 0.806. The smallest absolute Gasteiger partial charge is 0.321 e. The van der Waals surface area contributed by atoms with Gasteiger partial charge in [0.2, 0.25) is 10.0 Å². The lowest BCUT2D eigenvalue weighted by Gasteiger charge is -2.08. The van der Waals surface area contributed by atoms with Crippen LogP contribution in [0.25, 0.3) is 0 Å². The van der Waals surface area contributed by atoms with E-state index in [1.54, 1.807) is 37.7 Å². The lowest BCUT2D eigenvalue weighted by atomic mass is 10.2. The molecule has 0 saturated carbocycles. The maximum absolute atomic E-state index is 12.1. The lowest BCUT2D eigenvalue weighted by Crippen LogP contribution is -2.32. The highest BCUT2D eigenvalue weighted by molar-refractivity contribution is 7.89. The summed E-state index contributed by atoms with van der Waals surface area (Å²) in [6.07, 6.45) is 0. The molecule has 2 rings (SSSR count). The van der Waals surface area contributed by atoms with Crippen LogP contribution in [0.5, 0.6) is 0 Å². The molecule has 1 heterocycles. The molecule has 0 bridgehead atoms. The molecule has 0 fully saturated rings. The number of hydrogen-bond donors (Lipinski definition) is 2. The van der Waals surface area contributed by atoms with Crippen LogP contribution in [0, 0.1) is 20.8 Å². The number of carbonyl (C=O) groups is 2. The molecule has 10 heteroatoms. The predicted molar refractivity (Wildman–Crippen MR) is 98.6 cm³/mol. The first-order chi connectivity index (χ1) is 12.6. The molecule has 0 radical (unpaired) electrons. The molecule has 0 saturated heterocycles. The fraction of sp³-hybridized carbons (Fsp3) is 0.353. The van der Waals surface area contributed by atoms with Gasteiger partial charge in [0.05, 0.1) is 22.0 Å². The zero-order valence-electron chi connectivity index (χ0n) is 15.6. The molecule has 0 aliphatic heterocycles. The van der Waals surface area contributed by atoms with Crippen LogP contribution in [0.1, 0.15) is 17.0 Å². The summed E-state index contributed by atoms with van der Waals surface area (Å²) in [5.74, 6) is -1.40. The van der Waals surface area contributed by atoms with Crippen LogP contribution >= 0.6 is 0 Å². The zero-order chi connectivity index (χ0) is 20.2. The van der Waals surface area contributed by atoms with Crippen LogP contribution in [0.15, 0.2) is 29.2 Å². The van der Waals surface area contributed by atoms with E-state index < -0.39 is 35.1 Å². The molecule has 0 aliphatic carbocycles. The summed E-state index contributed by atoms with van der Waals surface area (Å²) in [5.41, 5.74) is 2.87. The summed E-state index contributed by atoms with van der Waals surface area (Å²) >= 11 is 0. The van der Waals surface area contributed by atoms with Crippen molar-refractivity contribution in [2.45, 2.75) is 25.7 Å². The molecule has 1 aromatic carbocycles. The van der Waals surface area contributed by atoms with Gasteiger partial charge in [-0.25, -0.2) is 8.42 Å². The fourth-order valence-electron chi connectivity index (χ4n) is 2.28. The molecule has 0 aliphatic rings. The van der Waals surface area contributed by atoms with Crippen LogP contribution in [0.3, 0.4) is 0 Å². The highest BCUT2D eigenvalue weighted by atomic mass is 32.2. The van der Waals surface area contributed by atoms with E-state index in [1.807, 2.05) is 6.92 Å². The first kappa shape index (κ1) is 20.6. The molecular weight excluding hydrogens is 372 g/mol. The molecule has 1 amide bonds. The zero-order valence-corrected chi connectivity index (χ0v) is 16.4. The van der Waals surface area contributed by atoms with Gasteiger partial charge >= 0.3 is 5.97 Å². The van der Waals surface area contributed by atoms with Gasteiger partial charge in [-0.2, -0.15) is 9.82 Å². The Morgan fingerprint density at radius 2 is 1.78 bits per heavy atom. The van der Waals surface area contributed by atoms with Crippen molar-refractivity contribution in [3.05, 3.63) is 41.2 Å². The van der Waals surface area contributed by atoms with E-state index in [0.717, 1.165) is 11.3 Å². The van der Waals surface area contributed by atoms with Crippen LogP contribution in [-0.4, -0.2) is 43.2 Å². The van der Waals surface area contributed by atoms with Crippen molar-refractivity contribution in [2.24, 2.45) is 7.05 Å². The third-order valence-corrected chi connectivity index (χ3v) is 5.29. The number of hydrogen-bond acceptors (Lipinski definition) is 6. The molecule has 2 N–H and O–H groups in total. The number of aromatic nitrogens is 2. The molecule has 146 valence electrons. The van der Waals surface area contributed by atoms with Crippen molar-refractivity contribution in [1.82, 2.24) is 14.5 Å². The number of rotatable bonds is 7. The van der Waals surface area contributed by atoms with E-state index in [4.69, 9.17) is 4.74 Å². The highest BCUT2D eigenvalue weighted by Crippen LogP contribution is 2.18. The summed E-state index contributed by atoms with van der Waals surface area (Å²) in [6.45, 7) is 4.27. The largest absolute Gasteiger partial charge is 0.455 e. The minimum atomic E-state index is -3.83. The number of sulfonamides is 1. The SMILES string of the molecule is Cc1ccc(S(=O)(=O)NCC(=O)OCC(=O)Nc2c(C)nn(C)c2C)cc1. The Bertz CT molecular complexity index is 948. The maximum Gasteiger partial charge on any atom is 0.321 e. The number of esters is 1. The van der Waals surface area contributed by atoms with Gasteiger partial charge in [-0.3, -0.25) is 14.3 Å². The van der Waals surface area contributed by atoms with E-state index in [2.05, 4.69) is 15.1 Å². The third-order valence-electron chi connectivity index (χ3n) is 3.88. The van der Waals surface area contributed by atoms with Crippen LogP contribution in [0.2, 0.25) is 0 Å². The van der Waals surface area contributed by atoms with Gasteiger partial charge in [0.25, 0.3) is 5.91 Å². The van der Waals surface area contributed by atoms with E-state index in [1.165, 1.54) is 12.1 Å². The van der Waals surface area contributed by atoms with Crippen molar-refractivity contribution in [2.75, 3.05) is 18.5 Å². The van der Waals surface area contributed by atoms with Gasteiger partial charge in [-0.15, -0.1) is 0 Å². The van der Waals surface area contributed by atoms with Crippen LogP contribution in [-0.2, 0) is 31.4 Å². The second-order valence-electron chi connectivity index (χ2n) is 6.02. The van der Waals surface area contributed by atoms with Gasteiger partial charge in [-0.1, -0.05) is 17.7 Å². The molecule has 27 heavy (non-hydrogen) atoms. The fourth-order valence-corrected chi connectivity index (χ4v) is 3.25. The number of carbonyl (C=O) groups excluding carboxylic acids is 2. The maximum atomic E-state index is 12.1. The topological polar surface area (TPSA) is 119 Å². The first-order valence-corrected chi connectivity index (χ1v) is 9.60. The Morgan fingerprint density at radius 1 is 1.15 bits per heavy atom. The summed E-state index contributed by atoms with van der Waals surface area (Å²) in [4.78, 5) is 23.7. The Morgan fingerprint density at radius 3 is 2.33 bits per heavy atom. The minimum absolute atomic E-state index is 0.0428.